The maximum Gasteiger partial charge on any atom is 0.273 e. The van der Waals surface area contributed by atoms with Crippen molar-refractivity contribution in [1.82, 2.24) is 20.4 Å². The lowest BCUT2D eigenvalue weighted by molar-refractivity contribution is 0.0924. The normalized spacial score (nSPS) is 23.5. The SMILES string of the molecule is C[C@H]1CN(c2ccnc(N)n2)C[C@H]1NC(=O)c1cc(C2CC2)on1. The standard InChI is InChI=1S/C16H20N6O2/c1-9-7-22(14-4-5-18-16(17)20-14)8-12(9)19-15(23)11-6-13(24-21-11)10-2-3-10/h4-6,9-10,12H,2-3,7-8H2,1H3,(H,19,23)(H2,17,18,20)/t9-,12+/m0/s1. The predicted molar refractivity (Wildman–Crippen MR) is 87.6 cm³/mol. The lowest BCUT2D eigenvalue weighted by Crippen LogP contribution is -2.40. The first kappa shape index (κ1) is 14.9. The Labute approximate surface area is 139 Å². The molecule has 8 nitrogen and oxygen atoms in total. The van der Waals surface area contributed by atoms with E-state index >= 15 is 0 Å². The van der Waals surface area contributed by atoms with Crippen molar-refractivity contribution in [1.29, 1.82) is 0 Å². The summed E-state index contributed by atoms with van der Waals surface area (Å²) >= 11 is 0. The van der Waals surface area contributed by atoms with E-state index in [4.69, 9.17) is 10.3 Å². The molecule has 8 heteroatoms. The second-order valence-corrected chi connectivity index (χ2v) is 6.62. The summed E-state index contributed by atoms with van der Waals surface area (Å²) in [5.74, 6) is 2.40. The van der Waals surface area contributed by atoms with E-state index in [1.807, 2.05) is 6.07 Å². The van der Waals surface area contributed by atoms with Gasteiger partial charge in [0.1, 0.15) is 11.6 Å². The highest BCUT2D eigenvalue weighted by molar-refractivity contribution is 5.92. The quantitative estimate of drug-likeness (QED) is 0.867. The Balaban J connectivity index is 1.41. The molecular formula is C16H20N6O2. The van der Waals surface area contributed by atoms with E-state index in [9.17, 15) is 4.79 Å². The van der Waals surface area contributed by atoms with Crippen LogP contribution in [-0.4, -0.2) is 40.2 Å². The minimum atomic E-state index is -0.188. The lowest BCUT2D eigenvalue weighted by atomic mass is 10.1. The van der Waals surface area contributed by atoms with Gasteiger partial charge in [-0.2, -0.15) is 4.98 Å². The molecule has 1 amide bonds. The van der Waals surface area contributed by atoms with Crippen LogP contribution in [0.5, 0.6) is 0 Å². The zero-order chi connectivity index (χ0) is 16.7. The summed E-state index contributed by atoms with van der Waals surface area (Å²) in [6, 6.07) is 3.61. The summed E-state index contributed by atoms with van der Waals surface area (Å²) in [7, 11) is 0. The van der Waals surface area contributed by atoms with Gasteiger partial charge in [0.2, 0.25) is 5.95 Å². The van der Waals surface area contributed by atoms with Crippen molar-refractivity contribution in [2.24, 2.45) is 5.92 Å². The minimum Gasteiger partial charge on any atom is -0.368 e. The second-order valence-electron chi connectivity index (χ2n) is 6.62. The van der Waals surface area contributed by atoms with Crippen LogP contribution in [-0.2, 0) is 0 Å². The summed E-state index contributed by atoms with van der Waals surface area (Å²) in [4.78, 5) is 22.7. The Kier molecular flexibility index (Phi) is 3.59. The number of aromatic nitrogens is 3. The van der Waals surface area contributed by atoms with Crippen molar-refractivity contribution in [2.45, 2.75) is 31.7 Å². The molecule has 4 rings (SSSR count). The van der Waals surface area contributed by atoms with Crippen LogP contribution >= 0.6 is 0 Å². The number of anilines is 2. The Morgan fingerprint density at radius 3 is 3.00 bits per heavy atom. The van der Waals surface area contributed by atoms with Gasteiger partial charge in [0.15, 0.2) is 5.69 Å². The average molecular weight is 328 g/mol. The largest absolute Gasteiger partial charge is 0.368 e. The van der Waals surface area contributed by atoms with E-state index in [1.165, 1.54) is 0 Å². The van der Waals surface area contributed by atoms with Crippen molar-refractivity contribution in [3.05, 3.63) is 29.8 Å². The molecule has 0 aromatic carbocycles. The molecule has 0 unspecified atom stereocenters. The molecule has 2 aromatic rings. The van der Waals surface area contributed by atoms with E-state index in [-0.39, 0.29) is 17.9 Å². The molecule has 1 aliphatic heterocycles. The summed E-state index contributed by atoms with van der Waals surface area (Å²) in [6.45, 7) is 3.58. The minimum absolute atomic E-state index is 0.0229. The zero-order valence-electron chi connectivity index (χ0n) is 13.5. The van der Waals surface area contributed by atoms with Crippen LogP contribution in [0.25, 0.3) is 0 Å². The molecule has 0 spiro atoms. The van der Waals surface area contributed by atoms with Crippen molar-refractivity contribution in [3.63, 3.8) is 0 Å². The molecule has 1 aliphatic carbocycles. The number of nitrogens with zero attached hydrogens (tertiary/aromatic N) is 4. The molecule has 3 N–H and O–H groups in total. The van der Waals surface area contributed by atoms with Gasteiger partial charge in [-0.05, 0) is 24.8 Å². The summed E-state index contributed by atoms with van der Waals surface area (Å²) in [6.07, 6.45) is 3.88. The molecule has 2 fully saturated rings. The van der Waals surface area contributed by atoms with Gasteiger partial charge in [0, 0.05) is 31.3 Å². The first-order valence-corrected chi connectivity index (χ1v) is 8.21. The van der Waals surface area contributed by atoms with Gasteiger partial charge in [0.05, 0.1) is 6.04 Å². The fraction of sp³-hybridized carbons (Fsp3) is 0.500. The molecule has 0 radical (unpaired) electrons. The Morgan fingerprint density at radius 2 is 2.25 bits per heavy atom. The van der Waals surface area contributed by atoms with Crippen LogP contribution in [0.15, 0.2) is 22.9 Å². The van der Waals surface area contributed by atoms with E-state index in [0.717, 1.165) is 31.0 Å². The Hall–Kier alpha value is -2.64. The number of nitrogens with one attached hydrogen (secondary N) is 1. The first-order valence-electron chi connectivity index (χ1n) is 8.21. The first-order chi connectivity index (χ1) is 11.6. The molecule has 2 aliphatic rings. The number of hydrogen-bond acceptors (Lipinski definition) is 7. The number of hydrogen-bond donors (Lipinski definition) is 2. The average Bonchev–Trinajstić information content (AvgIpc) is 3.18. The predicted octanol–water partition coefficient (Wildman–Crippen LogP) is 1.18. The lowest BCUT2D eigenvalue weighted by Gasteiger charge is -2.17. The number of rotatable bonds is 4. The number of amides is 1. The highest BCUT2D eigenvalue weighted by atomic mass is 16.5. The highest BCUT2D eigenvalue weighted by Gasteiger charge is 2.33. The summed E-state index contributed by atoms with van der Waals surface area (Å²) < 4.78 is 5.25. The van der Waals surface area contributed by atoms with Gasteiger partial charge in [-0.3, -0.25) is 4.79 Å². The fourth-order valence-corrected chi connectivity index (χ4v) is 3.08. The van der Waals surface area contributed by atoms with Crippen LogP contribution in [0.2, 0.25) is 0 Å². The molecule has 2 atom stereocenters. The molecule has 0 bridgehead atoms. The van der Waals surface area contributed by atoms with Gasteiger partial charge in [-0.15, -0.1) is 0 Å². The van der Waals surface area contributed by atoms with Gasteiger partial charge in [-0.1, -0.05) is 12.1 Å². The summed E-state index contributed by atoms with van der Waals surface area (Å²) in [5, 5.41) is 6.95. The Morgan fingerprint density at radius 1 is 1.42 bits per heavy atom. The van der Waals surface area contributed by atoms with E-state index < -0.39 is 0 Å². The second kappa shape index (κ2) is 5.77. The van der Waals surface area contributed by atoms with E-state index in [2.05, 4.69) is 32.3 Å². The molecule has 3 heterocycles. The van der Waals surface area contributed by atoms with Gasteiger partial charge >= 0.3 is 0 Å². The van der Waals surface area contributed by atoms with E-state index in [0.29, 0.717) is 24.1 Å². The van der Waals surface area contributed by atoms with Crippen molar-refractivity contribution >= 4 is 17.7 Å². The topological polar surface area (TPSA) is 110 Å². The van der Waals surface area contributed by atoms with Crippen molar-refractivity contribution in [3.8, 4) is 0 Å². The molecule has 126 valence electrons. The van der Waals surface area contributed by atoms with Crippen molar-refractivity contribution in [2.75, 3.05) is 23.7 Å². The van der Waals surface area contributed by atoms with Crippen LogP contribution in [0.1, 0.15) is 41.9 Å². The molecular weight excluding hydrogens is 308 g/mol. The molecule has 2 aromatic heterocycles. The number of nitrogens with two attached hydrogens (primary N) is 1. The maximum absolute atomic E-state index is 12.4. The number of carbonyl (C=O) groups is 1. The van der Waals surface area contributed by atoms with Gasteiger partial charge in [0.25, 0.3) is 5.91 Å². The number of nitrogen functional groups attached to an aromatic ring is 1. The maximum atomic E-state index is 12.4. The van der Waals surface area contributed by atoms with E-state index in [1.54, 1.807) is 12.3 Å². The van der Waals surface area contributed by atoms with Crippen LogP contribution in [0.4, 0.5) is 11.8 Å². The third-order valence-electron chi connectivity index (χ3n) is 4.65. The third-order valence-corrected chi connectivity index (χ3v) is 4.65. The van der Waals surface area contributed by atoms with Gasteiger partial charge < -0.3 is 20.5 Å². The molecule has 1 saturated carbocycles. The molecule has 1 saturated heterocycles. The monoisotopic (exact) mass is 328 g/mol. The van der Waals surface area contributed by atoms with Gasteiger partial charge in [-0.25, -0.2) is 4.98 Å². The smallest absolute Gasteiger partial charge is 0.273 e. The van der Waals surface area contributed by atoms with Crippen LogP contribution < -0.4 is 16.0 Å². The summed E-state index contributed by atoms with van der Waals surface area (Å²) in [5.41, 5.74) is 6.00. The zero-order valence-corrected chi connectivity index (χ0v) is 13.5. The van der Waals surface area contributed by atoms with Crippen molar-refractivity contribution < 1.29 is 9.32 Å². The number of carbonyl (C=O) groups excluding carboxylic acids is 1. The van der Waals surface area contributed by atoms with Crippen LogP contribution in [0, 0.1) is 5.92 Å². The fourth-order valence-electron chi connectivity index (χ4n) is 3.08. The van der Waals surface area contributed by atoms with Crippen LogP contribution in [0.3, 0.4) is 0 Å². The third kappa shape index (κ3) is 2.91. The molecule has 24 heavy (non-hydrogen) atoms. The Bertz CT molecular complexity index is 757. The highest BCUT2D eigenvalue weighted by Crippen LogP contribution is 2.40.